The minimum Gasteiger partial charge on any atom is -0.493 e. The van der Waals surface area contributed by atoms with E-state index in [4.69, 9.17) is 4.74 Å². The number of ether oxygens (including phenoxy) is 1. The highest BCUT2D eigenvalue weighted by atomic mass is 32.1. The van der Waals surface area contributed by atoms with Crippen LogP contribution in [0.1, 0.15) is 26.7 Å². The Morgan fingerprint density at radius 3 is 2.74 bits per heavy atom. The van der Waals surface area contributed by atoms with E-state index in [0.29, 0.717) is 6.61 Å². The fourth-order valence-corrected chi connectivity index (χ4v) is 3.19. The summed E-state index contributed by atoms with van der Waals surface area (Å²) in [5, 5.41) is 1.13. The number of rotatable bonds is 5. The molecule has 2 nitrogen and oxygen atoms in total. The van der Waals surface area contributed by atoms with Crippen LogP contribution in [0.2, 0.25) is 0 Å². The second-order valence-electron chi connectivity index (χ2n) is 4.64. The largest absolute Gasteiger partial charge is 0.493 e. The van der Waals surface area contributed by atoms with Crippen LogP contribution in [0.3, 0.4) is 0 Å². The molecule has 0 aliphatic heterocycles. The Hall–Kier alpha value is -1.000. The molecule has 19 heavy (non-hydrogen) atoms. The molecule has 0 saturated heterocycles. The van der Waals surface area contributed by atoms with Gasteiger partial charge in [0.05, 0.1) is 17.3 Å². The first kappa shape index (κ1) is 14.4. The van der Waals surface area contributed by atoms with Crippen molar-refractivity contribution in [3.8, 4) is 5.75 Å². The third-order valence-corrected chi connectivity index (χ3v) is 4.75. The summed E-state index contributed by atoms with van der Waals surface area (Å²) in [5.41, 5.74) is 3.50. The fraction of sp³-hybridized carbons (Fsp3) is 0.400. The van der Waals surface area contributed by atoms with Gasteiger partial charge in [-0.05, 0) is 38.0 Å². The van der Waals surface area contributed by atoms with E-state index >= 15 is 0 Å². The molecule has 0 spiro atoms. The standard InChI is InChI=1S/C15H19NOS2/c1-10-4-5-11(2)13(8-10)17-7-6-15-16-12(3)14(9-18)19-15/h4-5,8,18H,6-7,9H2,1-3H3. The van der Waals surface area contributed by atoms with Crippen LogP contribution >= 0.6 is 24.0 Å². The number of hydrogen-bond acceptors (Lipinski definition) is 4. The first-order chi connectivity index (χ1) is 9.10. The van der Waals surface area contributed by atoms with Gasteiger partial charge in [0, 0.05) is 17.1 Å². The van der Waals surface area contributed by atoms with Crippen molar-refractivity contribution in [2.24, 2.45) is 0 Å². The molecule has 102 valence electrons. The lowest BCUT2D eigenvalue weighted by Crippen LogP contribution is -2.02. The van der Waals surface area contributed by atoms with Crippen LogP contribution in [-0.2, 0) is 12.2 Å². The van der Waals surface area contributed by atoms with Gasteiger partial charge >= 0.3 is 0 Å². The highest BCUT2D eigenvalue weighted by molar-refractivity contribution is 7.79. The summed E-state index contributed by atoms with van der Waals surface area (Å²) >= 11 is 6.04. The monoisotopic (exact) mass is 293 g/mol. The molecule has 0 fully saturated rings. The summed E-state index contributed by atoms with van der Waals surface area (Å²) < 4.78 is 5.85. The average Bonchev–Trinajstić information content (AvgIpc) is 2.74. The van der Waals surface area contributed by atoms with Crippen molar-refractivity contribution < 1.29 is 4.74 Å². The van der Waals surface area contributed by atoms with Crippen LogP contribution in [-0.4, -0.2) is 11.6 Å². The zero-order chi connectivity index (χ0) is 13.8. The summed E-state index contributed by atoms with van der Waals surface area (Å²) in [6, 6.07) is 6.28. The number of hydrogen-bond donors (Lipinski definition) is 1. The molecule has 1 heterocycles. The maximum Gasteiger partial charge on any atom is 0.122 e. The molecule has 0 amide bonds. The van der Waals surface area contributed by atoms with Crippen molar-refractivity contribution in [3.05, 3.63) is 44.9 Å². The summed E-state index contributed by atoms with van der Waals surface area (Å²) in [4.78, 5) is 5.80. The van der Waals surface area contributed by atoms with Crippen molar-refractivity contribution >= 4 is 24.0 Å². The third-order valence-electron chi connectivity index (χ3n) is 3.00. The molecule has 0 aliphatic carbocycles. The van der Waals surface area contributed by atoms with Gasteiger partial charge in [-0.3, -0.25) is 0 Å². The van der Waals surface area contributed by atoms with E-state index in [0.717, 1.165) is 28.6 Å². The van der Waals surface area contributed by atoms with Crippen LogP contribution in [0.4, 0.5) is 0 Å². The number of aryl methyl sites for hydroxylation is 3. The number of thiol groups is 1. The van der Waals surface area contributed by atoms with Crippen LogP contribution < -0.4 is 4.74 Å². The lowest BCUT2D eigenvalue weighted by atomic mass is 10.1. The van der Waals surface area contributed by atoms with Crippen LogP contribution in [0.25, 0.3) is 0 Å². The van der Waals surface area contributed by atoms with Gasteiger partial charge in [0.25, 0.3) is 0 Å². The van der Waals surface area contributed by atoms with Crippen LogP contribution in [0, 0.1) is 20.8 Å². The Kier molecular flexibility index (Phi) is 4.88. The Morgan fingerprint density at radius 1 is 1.26 bits per heavy atom. The molecular formula is C15H19NOS2. The number of aromatic nitrogens is 1. The molecule has 0 unspecified atom stereocenters. The molecule has 2 rings (SSSR count). The van der Waals surface area contributed by atoms with Gasteiger partial charge in [-0.25, -0.2) is 4.98 Å². The summed E-state index contributed by atoms with van der Waals surface area (Å²) in [6.45, 7) is 6.86. The molecule has 0 saturated carbocycles. The zero-order valence-electron chi connectivity index (χ0n) is 11.6. The molecule has 1 aromatic carbocycles. The van der Waals surface area contributed by atoms with E-state index in [-0.39, 0.29) is 0 Å². The van der Waals surface area contributed by atoms with Gasteiger partial charge in [0.1, 0.15) is 5.75 Å². The maximum absolute atomic E-state index is 5.85. The van der Waals surface area contributed by atoms with Gasteiger partial charge < -0.3 is 4.74 Å². The molecule has 0 bridgehead atoms. The average molecular weight is 293 g/mol. The van der Waals surface area contributed by atoms with Gasteiger partial charge in [0.15, 0.2) is 0 Å². The summed E-state index contributed by atoms with van der Waals surface area (Å²) in [6.07, 6.45) is 0.854. The van der Waals surface area contributed by atoms with E-state index in [2.05, 4.69) is 49.7 Å². The van der Waals surface area contributed by atoms with Gasteiger partial charge in [-0.1, -0.05) is 12.1 Å². The fourth-order valence-electron chi connectivity index (χ4n) is 1.85. The SMILES string of the molecule is Cc1ccc(C)c(OCCc2nc(C)c(CS)s2)c1. The molecular weight excluding hydrogens is 274 g/mol. The van der Waals surface area contributed by atoms with Crippen molar-refractivity contribution in [3.63, 3.8) is 0 Å². The minimum absolute atomic E-state index is 0.670. The quantitative estimate of drug-likeness (QED) is 0.838. The van der Waals surface area contributed by atoms with E-state index < -0.39 is 0 Å². The summed E-state index contributed by atoms with van der Waals surface area (Å²) in [5.74, 6) is 1.74. The first-order valence-corrected chi connectivity index (χ1v) is 7.81. The molecule has 0 atom stereocenters. The molecule has 4 heteroatoms. The van der Waals surface area contributed by atoms with Crippen molar-refractivity contribution in [2.75, 3.05) is 6.61 Å². The van der Waals surface area contributed by atoms with Crippen molar-refractivity contribution in [1.29, 1.82) is 0 Å². The van der Waals surface area contributed by atoms with Crippen molar-refractivity contribution in [2.45, 2.75) is 32.9 Å². The lowest BCUT2D eigenvalue weighted by Gasteiger charge is -2.08. The van der Waals surface area contributed by atoms with Gasteiger partial charge in [-0.2, -0.15) is 12.6 Å². The predicted molar refractivity (Wildman–Crippen MR) is 84.7 cm³/mol. The molecule has 2 aromatic rings. The highest BCUT2D eigenvalue weighted by Crippen LogP contribution is 2.22. The van der Waals surface area contributed by atoms with Crippen LogP contribution in [0.15, 0.2) is 18.2 Å². The summed E-state index contributed by atoms with van der Waals surface area (Å²) in [7, 11) is 0. The maximum atomic E-state index is 5.85. The second-order valence-corrected chi connectivity index (χ2v) is 6.13. The lowest BCUT2D eigenvalue weighted by molar-refractivity contribution is 0.319. The Bertz CT molecular complexity index is 563. The topological polar surface area (TPSA) is 22.1 Å². The van der Waals surface area contributed by atoms with E-state index in [9.17, 15) is 0 Å². The molecule has 0 aliphatic rings. The third kappa shape index (κ3) is 3.74. The second kappa shape index (κ2) is 6.44. The normalized spacial score (nSPS) is 10.7. The van der Waals surface area contributed by atoms with E-state index in [1.54, 1.807) is 11.3 Å². The predicted octanol–water partition coefficient (Wildman–Crippen LogP) is 4.12. The van der Waals surface area contributed by atoms with Gasteiger partial charge in [-0.15, -0.1) is 11.3 Å². The van der Waals surface area contributed by atoms with Crippen LogP contribution in [0.5, 0.6) is 5.75 Å². The highest BCUT2D eigenvalue weighted by Gasteiger charge is 2.06. The number of benzene rings is 1. The number of nitrogens with zero attached hydrogens (tertiary/aromatic N) is 1. The van der Waals surface area contributed by atoms with E-state index in [1.165, 1.54) is 16.0 Å². The first-order valence-electron chi connectivity index (χ1n) is 6.36. The smallest absolute Gasteiger partial charge is 0.122 e. The molecule has 0 N–H and O–H groups in total. The molecule has 1 aromatic heterocycles. The number of thiazole rings is 1. The Morgan fingerprint density at radius 2 is 2.05 bits per heavy atom. The Balaban J connectivity index is 1.94. The minimum atomic E-state index is 0.670. The molecule has 0 radical (unpaired) electrons. The van der Waals surface area contributed by atoms with E-state index in [1.807, 2.05) is 6.92 Å². The van der Waals surface area contributed by atoms with Crippen molar-refractivity contribution in [1.82, 2.24) is 4.98 Å². The zero-order valence-corrected chi connectivity index (χ0v) is 13.3. The van der Waals surface area contributed by atoms with Gasteiger partial charge in [0.2, 0.25) is 0 Å². The Labute approximate surface area is 124 Å².